The minimum atomic E-state index is -0.286. The van der Waals surface area contributed by atoms with E-state index in [0.717, 1.165) is 0 Å². The van der Waals surface area contributed by atoms with E-state index in [2.05, 4.69) is 10.6 Å². The van der Waals surface area contributed by atoms with Crippen LogP contribution in [0.2, 0.25) is 15.1 Å². The second-order valence-electron chi connectivity index (χ2n) is 5.40. The summed E-state index contributed by atoms with van der Waals surface area (Å²) >= 11 is 17.6. The number of benzene rings is 2. The monoisotopic (exact) mass is 399 g/mol. The van der Waals surface area contributed by atoms with Crippen molar-refractivity contribution in [3.05, 3.63) is 57.5 Å². The summed E-state index contributed by atoms with van der Waals surface area (Å²) in [5.74, 6) is -0.520. The molecule has 0 heterocycles. The van der Waals surface area contributed by atoms with Gasteiger partial charge in [-0.1, -0.05) is 34.8 Å². The van der Waals surface area contributed by atoms with Crippen LogP contribution in [0.4, 0.5) is 11.4 Å². The summed E-state index contributed by atoms with van der Waals surface area (Å²) in [6.45, 7) is 0.0946. The fourth-order valence-corrected chi connectivity index (χ4v) is 2.64. The molecule has 132 valence electrons. The van der Waals surface area contributed by atoms with Crippen molar-refractivity contribution < 1.29 is 9.59 Å². The SMILES string of the molecule is CN(CC(=O)Nc1ccc(Cl)cc1)CC(=O)Nc1ccc(Cl)cc1Cl. The second kappa shape index (κ2) is 9.06. The van der Waals surface area contributed by atoms with Crippen LogP contribution in [-0.2, 0) is 9.59 Å². The Hall–Kier alpha value is -1.79. The third-order valence-corrected chi connectivity index (χ3v) is 3.96. The van der Waals surface area contributed by atoms with E-state index in [0.29, 0.717) is 26.4 Å². The number of hydrogen-bond acceptors (Lipinski definition) is 3. The first-order valence-electron chi connectivity index (χ1n) is 7.32. The summed E-state index contributed by atoms with van der Waals surface area (Å²) in [4.78, 5) is 25.6. The van der Waals surface area contributed by atoms with E-state index in [1.54, 1.807) is 54.4 Å². The largest absolute Gasteiger partial charge is 0.325 e. The standard InChI is InChI=1S/C17H16Cl3N3O2/c1-23(9-16(24)21-13-5-2-11(18)3-6-13)10-17(25)22-15-7-4-12(19)8-14(15)20/h2-8H,9-10H2,1H3,(H,21,24)(H,22,25). The zero-order chi connectivity index (χ0) is 18.4. The lowest BCUT2D eigenvalue weighted by atomic mass is 10.3. The van der Waals surface area contributed by atoms with Gasteiger partial charge in [-0.2, -0.15) is 0 Å². The van der Waals surface area contributed by atoms with Crippen LogP contribution in [0.3, 0.4) is 0 Å². The van der Waals surface area contributed by atoms with Gasteiger partial charge in [0, 0.05) is 15.7 Å². The van der Waals surface area contributed by atoms with Crippen LogP contribution in [0.25, 0.3) is 0 Å². The molecule has 2 aromatic carbocycles. The van der Waals surface area contributed by atoms with Crippen molar-refractivity contribution in [2.45, 2.75) is 0 Å². The lowest BCUT2D eigenvalue weighted by Crippen LogP contribution is -2.36. The molecule has 0 atom stereocenters. The van der Waals surface area contributed by atoms with Crippen molar-refractivity contribution in [2.75, 3.05) is 30.8 Å². The van der Waals surface area contributed by atoms with Gasteiger partial charge in [-0.25, -0.2) is 0 Å². The maximum absolute atomic E-state index is 12.0. The molecule has 8 heteroatoms. The van der Waals surface area contributed by atoms with Crippen molar-refractivity contribution in [3.8, 4) is 0 Å². The first-order chi connectivity index (χ1) is 11.8. The van der Waals surface area contributed by atoms with Gasteiger partial charge in [0.25, 0.3) is 0 Å². The van der Waals surface area contributed by atoms with Crippen molar-refractivity contribution in [3.63, 3.8) is 0 Å². The van der Waals surface area contributed by atoms with Gasteiger partial charge in [0.15, 0.2) is 0 Å². The molecule has 0 fully saturated rings. The number of likely N-dealkylation sites (N-methyl/N-ethyl adjacent to an activating group) is 1. The van der Waals surface area contributed by atoms with Gasteiger partial charge < -0.3 is 10.6 Å². The highest BCUT2D eigenvalue weighted by Crippen LogP contribution is 2.25. The Morgan fingerprint density at radius 2 is 1.44 bits per heavy atom. The molecule has 0 aliphatic heterocycles. The molecule has 25 heavy (non-hydrogen) atoms. The quantitative estimate of drug-likeness (QED) is 0.765. The predicted octanol–water partition coefficient (Wildman–Crippen LogP) is 4.16. The fraction of sp³-hybridized carbons (Fsp3) is 0.176. The summed E-state index contributed by atoms with van der Waals surface area (Å²) in [6, 6.07) is 11.6. The second-order valence-corrected chi connectivity index (χ2v) is 6.68. The molecule has 0 bridgehead atoms. The molecule has 2 aromatic rings. The molecule has 0 saturated heterocycles. The summed E-state index contributed by atoms with van der Waals surface area (Å²) in [5.41, 5.74) is 1.11. The van der Waals surface area contributed by atoms with E-state index in [9.17, 15) is 9.59 Å². The molecule has 0 aromatic heterocycles. The van der Waals surface area contributed by atoms with Crippen molar-refractivity contribution in [2.24, 2.45) is 0 Å². The zero-order valence-corrected chi connectivity index (χ0v) is 15.6. The third kappa shape index (κ3) is 6.55. The first kappa shape index (κ1) is 19.5. The number of amides is 2. The van der Waals surface area contributed by atoms with Crippen LogP contribution in [-0.4, -0.2) is 36.9 Å². The van der Waals surface area contributed by atoms with Crippen LogP contribution in [0.15, 0.2) is 42.5 Å². The van der Waals surface area contributed by atoms with E-state index >= 15 is 0 Å². The number of carbonyl (C=O) groups is 2. The fourth-order valence-electron chi connectivity index (χ4n) is 2.06. The summed E-state index contributed by atoms with van der Waals surface area (Å²) in [5, 5.41) is 6.84. The molecule has 0 aliphatic carbocycles. The van der Waals surface area contributed by atoms with Crippen LogP contribution in [0.5, 0.6) is 0 Å². The van der Waals surface area contributed by atoms with Gasteiger partial charge in [0.2, 0.25) is 11.8 Å². The molecule has 2 rings (SSSR count). The van der Waals surface area contributed by atoms with E-state index in [-0.39, 0.29) is 24.9 Å². The maximum atomic E-state index is 12.0. The van der Waals surface area contributed by atoms with E-state index in [1.807, 2.05) is 0 Å². The van der Waals surface area contributed by atoms with Gasteiger partial charge >= 0.3 is 0 Å². The number of nitrogens with zero attached hydrogens (tertiary/aromatic N) is 1. The van der Waals surface area contributed by atoms with E-state index in [1.165, 1.54) is 0 Å². The van der Waals surface area contributed by atoms with Crippen LogP contribution in [0.1, 0.15) is 0 Å². The van der Waals surface area contributed by atoms with Crippen LogP contribution in [0, 0.1) is 0 Å². The molecular weight excluding hydrogens is 385 g/mol. The van der Waals surface area contributed by atoms with Crippen LogP contribution < -0.4 is 10.6 Å². The van der Waals surface area contributed by atoms with E-state index in [4.69, 9.17) is 34.8 Å². The number of carbonyl (C=O) groups excluding carboxylic acids is 2. The Labute approximate surface area is 160 Å². The minimum absolute atomic E-state index is 0.0347. The highest BCUT2D eigenvalue weighted by atomic mass is 35.5. The average Bonchev–Trinajstić information content (AvgIpc) is 2.52. The molecule has 0 spiro atoms. The highest BCUT2D eigenvalue weighted by Gasteiger charge is 2.12. The number of halogens is 3. The Balaban J connectivity index is 1.82. The van der Waals surface area contributed by atoms with Crippen molar-refractivity contribution in [1.29, 1.82) is 0 Å². The van der Waals surface area contributed by atoms with Gasteiger partial charge in [-0.05, 0) is 49.5 Å². The molecule has 2 N–H and O–H groups in total. The number of hydrogen-bond donors (Lipinski definition) is 2. The van der Waals surface area contributed by atoms with Gasteiger partial charge in [0.05, 0.1) is 23.8 Å². The Morgan fingerprint density at radius 3 is 2.04 bits per heavy atom. The Bertz CT molecular complexity index is 766. The molecule has 0 unspecified atom stereocenters. The van der Waals surface area contributed by atoms with E-state index < -0.39 is 0 Å². The lowest BCUT2D eigenvalue weighted by Gasteiger charge is -2.16. The van der Waals surface area contributed by atoms with Crippen molar-refractivity contribution >= 4 is 58.0 Å². The van der Waals surface area contributed by atoms with Gasteiger partial charge in [0.1, 0.15) is 0 Å². The number of nitrogens with one attached hydrogen (secondary N) is 2. The van der Waals surface area contributed by atoms with Crippen LogP contribution >= 0.6 is 34.8 Å². The predicted molar refractivity (Wildman–Crippen MR) is 103 cm³/mol. The van der Waals surface area contributed by atoms with Gasteiger partial charge in [-0.3, -0.25) is 14.5 Å². The summed E-state index contributed by atoms with van der Waals surface area (Å²) in [6.07, 6.45) is 0. The Morgan fingerprint density at radius 1 is 0.880 bits per heavy atom. The molecule has 0 aliphatic rings. The van der Waals surface area contributed by atoms with Gasteiger partial charge in [-0.15, -0.1) is 0 Å². The smallest absolute Gasteiger partial charge is 0.238 e. The molecule has 5 nitrogen and oxygen atoms in total. The lowest BCUT2D eigenvalue weighted by molar-refractivity contribution is -0.119. The minimum Gasteiger partial charge on any atom is -0.325 e. The maximum Gasteiger partial charge on any atom is 0.238 e. The molecule has 2 amide bonds. The normalized spacial score (nSPS) is 10.6. The highest BCUT2D eigenvalue weighted by molar-refractivity contribution is 6.36. The summed E-state index contributed by atoms with van der Waals surface area (Å²) < 4.78 is 0. The zero-order valence-electron chi connectivity index (χ0n) is 13.4. The molecular formula is C17H16Cl3N3O2. The Kier molecular flexibility index (Phi) is 7.08. The topological polar surface area (TPSA) is 61.4 Å². The summed E-state index contributed by atoms with van der Waals surface area (Å²) in [7, 11) is 1.67. The molecule has 0 radical (unpaired) electrons. The average molecular weight is 401 g/mol. The first-order valence-corrected chi connectivity index (χ1v) is 8.46. The molecule has 0 saturated carbocycles. The third-order valence-electron chi connectivity index (χ3n) is 3.16. The number of anilines is 2. The number of rotatable bonds is 6. The van der Waals surface area contributed by atoms with Crippen molar-refractivity contribution in [1.82, 2.24) is 4.90 Å².